The van der Waals surface area contributed by atoms with Gasteiger partial charge < -0.3 is 52.5 Å². The number of carbonyl (C=O) groups excluding carboxylic acids is 3. The van der Waals surface area contributed by atoms with E-state index in [1.165, 1.54) is 19.2 Å². The van der Waals surface area contributed by atoms with Gasteiger partial charge in [0.25, 0.3) is 0 Å². The van der Waals surface area contributed by atoms with Crippen molar-refractivity contribution in [2.75, 3.05) is 60.7 Å². The number of Topliss-reactive ketones (excluding diaryl/α,β-unsaturated/α-hetero) is 3. The van der Waals surface area contributed by atoms with Crippen molar-refractivity contribution >= 4 is 29.0 Å². The molecule has 14 nitrogen and oxygen atoms in total. The van der Waals surface area contributed by atoms with Gasteiger partial charge >= 0.3 is 0 Å². The van der Waals surface area contributed by atoms with E-state index in [-0.39, 0.29) is 46.5 Å². The van der Waals surface area contributed by atoms with Crippen LogP contribution in [0.4, 0.5) is 0 Å². The quantitative estimate of drug-likeness (QED) is 0.0344. The van der Waals surface area contributed by atoms with Crippen molar-refractivity contribution in [3.63, 3.8) is 0 Å². The number of alkyl halides is 1. The Morgan fingerprint density at radius 1 is 0.542 bits per heavy atom. The number of ketones is 3. The smallest absolute Gasteiger partial charge is 0.196 e. The fourth-order valence-electron chi connectivity index (χ4n) is 7.93. The molecule has 83 heavy (non-hydrogen) atoms. The molecule has 448 valence electrons. The molecule has 3 aliphatic rings. The highest BCUT2D eigenvalue weighted by Crippen LogP contribution is 2.46. The molecule has 0 radical (unpaired) electrons. The summed E-state index contributed by atoms with van der Waals surface area (Å²) < 4.78 is 54.6. The second kappa shape index (κ2) is 32.1. The van der Waals surface area contributed by atoms with Gasteiger partial charge in [-0.2, -0.15) is 0 Å². The Bertz CT molecular complexity index is 2840. The molecule has 0 amide bonds. The van der Waals surface area contributed by atoms with Crippen LogP contribution in [0.2, 0.25) is 0 Å². The molecule has 0 saturated carbocycles. The number of benzene rings is 6. The lowest BCUT2D eigenvalue weighted by Crippen LogP contribution is -2.51. The molecule has 3 aliphatic heterocycles. The first-order valence-corrected chi connectivity index (χ1v) is 28.4. The molecule has 0 aliphatic carbocycles. The highest BCUT2D eigenvalue weighted by atomic mass is 35.5. The number of methoxy groups -OCH3 is 4. The zero-order chi connectivity index (χ0) is 60.8. The van der Waals surface area contributed by atoms with Gasteiger partial charge in [0.05, 0.1) is 53.7 Å². The first-order chi connectivity index (χ1) is 39.5. The van der Waals surface area contributed by atoms with Crippen molar-refractivity contribution in [3.8, 4) is 17.2 Å². The second-order valence-corrected chi connectivity index (χ2v) is 22.3. The molecule has 3 heterocycles. The molecule has 6 aromatic rings. The van der Waals surface area contributed by atoms with Crippen LogP contribution < -0.4 is 9.47 Å². The van der Waals surface area contributed by atoms with Crippen LogP contribution >= 0.6 is 11.6 Å². The minimum absolute atomic E-state index is 0.0641. The van der Waals surface area contributed by atoms with Crippen LogP contribution in [0.25, 0.3) is 0 Å². The molecule has 0 bridgehead atoms. The minimum Gasteiger partial charge on any atom is -0.508 e. The number of halogens is 1. The van der Waals surface area contributed by atoms with Crippen LogP contribution in [0, 0.1) is 0 Å². The summed E-state index contributed by atoms with van der Waals surface area (Å²) in [4.78, 5) is 37.7. The highest BCUT2D eigenvalue weighted by Gasteiger charge is 2.56. The van der Waals surface area contributed by atoms with Crippen molar-refractivity contribution in [2.24, 2.45) is 0 Å². The molecule has 15 heteroatoms. The summed E-state index contributed by atoms with van der Waals surface area (Å²) in [5.41, 5.74) is 3.58. The maximum atomic E-state index is 12.9. The third-order valence-corrected chi connectivity index (χ3v) is 15.1. The summed E-state index contributed by atoms with van der Waals surface area (Å²) in [5.74, 6) is 1.96. The molecule has 6 aromatic carbocycles. The molecule has 0 spiro atoms. The van der Waals surface area contributed by atoms with Crippen LogP contribution in [0.1, 0.15) is 135 Å². The average molecular weight is 1160 g/mol. The summed E-state index contributed by atoms with van der Waals surface area (Å²) in [5, 5.41) is 9.21. The molecule has 6 atom stereocenters. The van der Waals surface area contributed by atoms with E-state index in [0.29, 0.717) is 47.6 Å². The van der Waals surface area contributed by atoms with Crippen LogP contribution in [0.3, 0.4) is 0 Å². The predicted molar refractivity (Wildman–Crippen MR) is 323 cm³/mol. The molecule has 9 rings (SSSR count). The summed E-state index contributed by atoms with van der Waals surface area (Å²) >= 11 is 5.27. The Balaban J connectivity index is 0.000000211. The van der Waals surface area contributed by atoms with Crippen LogP contribution in [-0.2, 0) is 37.9 Å². The number of hydrogen-bond donors (Lipinski definition) is 1. The number of hydrogen-bond acceptors (Lipinski definition) is 14. The molecular formula is C68H85ClO14. The Labute approximate surface area is 496 Å². The van der Waals surface area contributed by atoms with Gasteiger partial charge in [-0.25, -0.2) is 0 Å². The molecule has 3 saturated heterocycles. The first-order valence-electron chi connectivity index (χ1n) is 27.9. The zero-order valence-electron chi connectivity index (χ0n) is 50.4. The lowest BCUT2D eigenvalue weighted by Gasteiger charge is -2.42. The van der Waals surface area contributed by atoms with Crippen molar-refractivity contribution in [3.05, 3.63) is 197 Å². The van der Waals surface area contributed by atoms with Gasteiger partial charge in [-0.15, -0.1) is 11.6 Å². The first kappa shape index (κ1) is 67.5. The summed E-state index contributed by atoms with van der Waals surface area (Å²) in [6, 6.07) is 48.7. The molecule has 6 unspecified atom stereocenters. The summed E-state index contributed by atoms with van der Waals surface area (Å²) in [6.07, 6.45) is -0.483. The van der Waals surface area contributed by atoms with Crippen molar-refractivity contribution < 1.29 is 66.9 Å². The highest BCUT2D eigenvalue weighted by molar-refractivity contribution is 6.18. The molecule has 1 N–H and O–H groups in total. The Hall–Kier alpha value is -6.30. The average Bonchev–Trinajstić information content (AvgIpc) is 4.48. The fraction of sp³-hybridized carbons (Fsp3) is 0.426. The summed E-state index contributed by atoms with van der Waals surface area (Å²) in [7, 11) is 6.29. The lowest BCUT2D eigenvalue weighted by atomic mass is 9.89. The fourth-order valence-corrected chi connectivity index (χ4v) is 8.11. The number of aromatic hydroxyl groups is 1. The maximum absolute atomic E-state index is 12.9. The normalized spacial score (nSPS) is 17.4. The third kappa shape index (κ3) is 21.1. The van der Waals surface area contributed by atoms with Crippen molar-refractivity contribution in [1.29, 1.82) is 0 Å². The maximum Gasteiger partial charge on any atom is 0.196 e. The zero-order valence-corrected chi connectivity index (χ0v) is 51.2. The van der Waals surface area contributed by atoms with Crippen LogP contribution in [-0.4, -0.2) is 124 Å². The number of phenolic OH excluding ortho intramolecular Hbond substituents is 1. The SMILES string of the molecule is CC1(C)OC1(C)C.CCC(COc1ccc(C(=O)C(OC)c2ccccc2)cc1)OC(C)(C)C(C)(C)OC.COC(C(=O)c1ccc(O)cc1)c1ccccc1.COC(C(=O)c1ccc(OCC2CO2)cc1)c1ccccc1.ClCC1CO1. The lowest BCUT2D eigenvalue weighted by molar-refractivity contribution is -0.191. The van der Waals surface area contributed by atoms with Gasteiger partial charge in [-0.05, 0) is 151 Å². The minimum atomic E-state index is -0.628. The molecular weight excluding hydrogens is 1080 g/mol. The monoisotopic (exact) mass is 1160 g/mol. The Morgan fingerprint density at radius 2 is 0.880 bits per heavy atom. The van der Waals surface area contributed by atoms with E-state index >= 15 is 0 Å². The van der Waals surface area contributed by atoms with Gasteiger partial charge in [0, 0.05) is 45.1 Å². The number of epoxide rings is 3. The second-order valence-electron chi connectivity index (χ2n) is 22.0. The molecule has 3 fully saturated rings. The van der Waals surface area contributed by atoms with E-state index in [1.807, 2.05) is 131 Å². The predicted octanol–water partition coefficient (Wildman–Crippen LogP) is 13.8. The summed E-state index contributed by atoms with van der Waals surface area (Å²) in [6.45, 7) is 21.2. The topological polar surface area (TPSA) is 174 Å². The van der Waals surface area contributed by atoms with Crippen molar-refractivity contribution in [2.45, 2.75) is 128 Å². The van der Waals surface area contributed by atoms with Crippen LogP contribution in [0.15, 0.2) is 164 Å². The number of ether oxygens (including phenoxy) is 10. The van der Waals surface area contributed by atoms with Gasteiger partial charge in [0.1, 0.15) is 54.9 Å². The van der Waals surface area contributed by atoms with E-state index in [9.17, 15) is 19.5 Å². The standard InChI is InChI=1S/C26H36O5.C18H18O4.C15H14O3.C6H12O.C3H5ClO/c1-8-21(31-26(4,5)25(2,3)29-7)18-30-22-16-14-19(15-17-22)23(27)24(28-6)20-12-10-9-11-13-20;1-20-18(14-5-3-2-4-6-14)17(19)13-7-9-15(10-8-13)21-11-16-12-22-16;1-18-15(12-5-3-2-4-6-12)14(17)11-7-9-13(16)10-8-11;1-5(2)6(3,4)7-5;4-1-3-2-5-3/h9-17,21,24H,8,18H2,1-7H3;2-10,16,18H,11-12H2,1H3;2-10,15-16H,1H3;1-4H3;3H,1-2H2. The largest absolute Gasteiger partial charge is 0.508 e. The van der Waals surface area contributed by atoms with E-state index in [4.69, 9.17) is 59.0 Å². The Morgan fingerprint density at radius 3 is 1.16 bits per heavy atom. The number of rotatable bonds is 24. The number of phenols is 1. The van der Waals surface area contributed by atoms with Crippen molar-refractivity contribution in [1.82, 2.24) is 0 Å². The van der Waals surface area contributed by atoms with Gasteiger partial charge in [-0.1, -0.05) is 97.9 Å². The van der Waals surface area contributed by atoms with E-state index in [2.05, 4.69) is 34.6 Å². The molecule has 0 aromatic heterocycles. The van der Waals surface area contributed by atoms with Gasteiger partial charge in [0.2, 0.25) is 0 Å². The van der Waals surface area contributed by atoms with Gasteiger partial charge in [0.15, 0.2) is 17.3 Å². The van der Waals surface area contributed by atoms with Gasteiger partial charge in [-0.3, -0.25) is 14.4 Å². The van der Waals surface area contributed by atoms with E-state index < -0.39 is 29.5 Å². The number of carbonyl (C=O) groups is 3. The van der Waals surface area contributed by atoms with E-state index in [0.717, 1.165) is 42.1 Å². The van der Waals surface area contributed by atoms with Crippen LogP contribution in [0.5, 0.6) is 17.2 Å². The third-order valence-electron chi connectivity index (χ3n) is 14.8. The Kier molecular flexibility index (Phi) is 26.1. The van der Waals surface area contributed by atoms with E-state index in [1.54, 1.807) is 69.9 Å².